The summed E-state index contributed by atoms with van der Waals surface area (Å²) < 4.78 is 22.1. The number of hydrogen-bond acceptors (Lipinski definition) is 4. The first-order chi connectivity index (χ1) is 6.79. The summed E-state index contributed by atoms with van der Waals surface area (Å²) in [4.78, 5) is 0. The Morgan fingerprint density at radius 1 is 0.571 bits per heavy atom. The molecule has 0 amide bonds. The van der Waals surface area contributed by atoms with E-state index >= 15 is 0 Å². The maximum atomic E-state index is 5.52. The van der Waals surface area contributed by atoms with Crippen LogP contribution in [0.4, 0.5) is 0 Å². The fourth-order valence-electron chi connectivity index (χ4n) is 0.843. The van der Waals surface area contributed by atoms with Crippen molar-refractivity contribution in [3.63, 3.8) is 0 Å². The molecule has 0 aliphatic carbocycles. The Balaban J connectivity index is 4.06. The van der Waals surface area contributed by atoms with Crippen molar-refractivity contribution in [3.8, 4) is 0 Å². The van der Waals surface area contributed by atoms with Crippen LogP contribution in [0.25, 0.3) is 0 Å². The normalized spacial score (nSPS) is 11.6. The van der Waals surface area contributed by atoms with Gasteiger partial charge in [0.1, 0.15) is 0 Å². The van der Waals surface area contributed by atoms with E-state index in [1.165, 1.54) is 0 Å². The van der Waals surface area contributed by atoms with Gasteiger partial charge in [0.25, 0.3) is 0 Å². The van der Waals surface area contributed by atoms with E-state index in [-0.39, 0.29) is 0 Å². The lowest BCUT2D eigenvalue weighted by atomic mass is 10.9. The van der Waals surface area contributed by atoms with Crippen molar-refractivity contribution in [2.75, 3.05) is 26.4 Å². The highest BCUT2D eigenvalue weighted by Crippen LogP contribution is 2.00. The second kappa shape index (κ2) is 9.81. The van der Waals surface area contributed by atoms with Crippen molar-refractivity contribution in [2.24, 2.45) is 0 Å². The van der Waals surface area contributed by atoms with Gasteiger partial charge in [-0.15, -0.1) is 0 Å². The molecule has 0 atom stereocenters. The average Bonchev–Trinajstić information content (AvgIpc) is 2.17. The predicted molar refractivity (Wildman–Crippen MR) is 58.0 cm³/mol. The molecule has 14 heavy (non-hydrogen) atoms. The molecule has 0 fully saturated rings. The summed E-state index contributed by atoms with van der Waals surface area (Å²) in [5, 5.41) is 0. The first-order valence-electron chi connectivity index (χ1n) is 5.05. The summed E-state index contributed by atoms with van der Waals surface area (Å²) in [6.45, 7) is 10.5. The molecule has 0 rings (SSSR count). The molecule has 0 bridgehead atoms. The Hall–Kier alpha value is 0.274. The van der Waals surface area contributed by atoms with E-state index < -0.39 is 17.6 Å². The third-order valence-corrected chi connectivity index (χ3v) is 6.54. The average molecular weight is 236 g/mol. The lowest BCUT2D eigenvalue weighted by Crippen LogP contribution is -2.46. The minimum atomic E-state index is -1.35. The molecule has 0 saturated heterocycles. The molecule has 0 aromatic rings. The van der Waals surface area contributed by atoms with E-state index in [0.29, 0.717) is 26.4 Å². The van der Waals surface area contributed by atoms with Gasteiger partial charge < -0.3 is 17.7 Å². The van der Waals surface area contributed by atoms with Gasteiger partial charge in [0.2, 0.25) is 0 Å². The molecule has 84 valence electrons. The van der Waals surface area contributed by atoms with Crippen molar-refractivity contribution >= 4 is 17.6 Å². The summed E-state index contributed by atoms with van der Waals surface area (Å²) >= 11 is 0. The Bertz CT molecular complexity index is 99.9. The SMILES string of the molecule is CCO[Si](OCC)[Si](OCC)OCC. The van der Waals surface area contributed by atoms with Gasteiger partial charge in [-0.3, -0.25) is 0 Å². The highest BCUT2D eigenvalue weighted by molar-refractivity contribution is 7.10. The zero-order chi connectivity index (χ0) is 10.8. The van der Waals surface area contributed by atoms with Gasteiger partial charge in [-0.1, -0.05) is 0 Å². The molecule has 0 spiro atoms. The molecule has 0 N–H and O–H groups in total. The molecule has 0 aromatic carbocycles. The minimum absolute atomic E-state index is 0.655. The van der Waals surface area contributed by atoms with Crippen LogP contribution in [0.5, 0.6) is 0 Å². The molecule has 0 aliphatic heterocycles. The largest absolute Gasteiger partial charge is 0.433 e. The summed E-state index contributed by atoms with van der Waals surface area (Å²) in [6, 6.07) is 0. The minimum Gasteiger partial charge on any atom is -0.393 e. The Labute approximate surface area is 90.0 Å². The second-order valence-corrected chi connectivity index (χ2v) is 7.06. The van der Waals surface area contributed by atoms with Crippen molar-refractivity contribution in [1.29, 1.82) is 0 Å². The zero-order valence-corrected chi connectivity index (χ0v) is 11.5. The summed E-state index contributed by atoms with van der Waals surface area (Å²) in [5.41, 5.74) is 0. The monoisotopic (exact) mass is 236 g/mol. The van der Waals surface area contributed by atoms with Crippen LogP contribution >= 0.6 is 0 Å². The third kappa shape index (κ3) is 5.89. The Kier molecular flexibility index (Phi) is 10.0. The van der Waals surface area contributed by atoms with Crippen LogP contribution in [-0.4, -0.2) is 44.0 Å². The maximum absolute atomic E-state index is 5.52. The highest BCUT2D eigenvalue weighted by Gasteiger charge is 2.35. The van der Waals surface area contributed by atoms with E-state index in [2.05, 4.69) is 0 Å². The van der Waals surface area contributed by atoms with Gasteiger partial charge in [0, 0.05) is 26.4 Å². The Morgan fingerprint density at radius 3 is 0.929 bits per heavy atom. The molecule has 6 heteroatoms. The molecular formula is C8H20O4Si2. The molecule has 0 heterocycles. The van der Waals surface area contributed by atoms with Crippen LogP contribution in [0.15, 0.2) is 0 Å². The first-order valence-corrected chi connectivity index (χ1v) is 8.68. The standard InChI is InChI=1S/C8H20O4Si2/c1-5-9-13(10-6-2)14(11-7-3)12-8-4/h5-8H2,1-4H3. The lowest BCUT2D eigenvalue weighted by molar-refractivity contribution is 0.181. The van der Waals surface area contributed by atoms with Crippen LogP contribution in [-0.2, 0) is 17.7 Å². The van der Waals surface area contributed by atoms with Crippen LogP contribution in [0.1, 0.15) is 27.7 Å². The quantitative estimate of drug-likeness (QED) is 0.564. The maximum Gasteiger partial charge on any atom is 0.433 e. The summed E-state index contributed by atoms with van der Waals surface area (Å²) in [5.74, 6) is 0. The Morgan fingerprint density at radius 2 is 0.786 bits per heavy atom. The molecule has 2 radical (unpaired) electrons. The van der Waals surface area contributed by atoms with E-state index in [4.69, 9.17) is 17.7 Å². The fraction of sp³-hybridized carbons (Fsp3) is 1.00. The van der Waals surface area contributed by atoms with Gasteiger partial charge in [-0.25, -0.2) is 0 Å². The van der Waals surface area contributed by atoms with Crippen LogP contribution in [0.2, 0.25) is 0 Å². The molecule has 4 nitrogen and oxygen atoms in total. The molecule has 0 saturated carbocycles. The number of rotatable bonds is 9. The van der Waals surface area contributed by atoms with E-state index in [1.54, 1.807) is 0 Å². The summed E-state index contributed by atoms with van der Waals surface area (Å²) in [7, 11) is -2.71. The van der Waals surface area contributed by atoms with Gasteiger partial charge in [0.05, 0.1) is 0 Å². The zero-order valence-electron chi connectivity index (χ0n) is 9.46. The molecule has 0 aromatic heterocycles. The van der Waals surface area contributed by atoms with Crippen LogP contribution in [0.3, 0.4) is 0 Å². The number of hydrogen-bond donors (Lipinski definition) is 0. The van der Waals surface area contributed by atoms with E-state index in [1.807, 2.05) is 27.7 Å². The van der Waals surface area contributed by atoms with Crippen LogP contribution < -0.4 is 0 Å². The van der Waals surface area contributed by atoms with Gasteiger partial charge in [-0.05, 0) is 27.7 Å². The van der Waals surface area contributed by atoms with Gasteiger partial charge in [0.15, 0.2) is 0 Å². The van der Waals surface area contributed by atoms with Gasteiger partial charge >= 0.3 is 17.6 Å². The third-order valence-electron chi connectivity index (χ3n) is 1.27. The fourth-order valence-corrected chi connectivity index (χ4v) is 5.68. The van der Waals surface area contributed by atoms with E-state index in [9.17, 15) is 0 Å². The smallest absolute Gasteiger partial charge is 0.393 e. The highest BCUT2D eigenvalue weighted by atomic mass is 29.2. The van der Waals surface area contributed by atoms with Crippen molar-refractivity contribution in [2.45, 2.75) is 27.7 Å². The van der Waals surface area contributed by atoms with Crippen molar-refractivity contribution in [3.05, 3.63) is 0 Å². The first kappa shape index (κ1) is 14.3. The summed E-state index contributed by atoms with van der Waals surface area (Å²) in [6.07, 6.45) is 0. The van der Waals surface area contributed by atoms with Gasteiger partial charge in [-0.2, -0.15) is 0 Å². The predicted octanol–water partition coefficient (Wildman–Crippen LogP) is 1.19. The van der Waals surface area contributed by atoms with E-state index in [0.717, 1.165) is 0 Å². The lowest BCUT2D eigenvalue weighted by Gasteiger charge is -2.19. The molecule has 0 unspecified atom stereocenters. The van der Waals surface area contributed by atoms with Crippen molar-refractivity contribution in [1.82, 2.24) is 0 Å². The molecule has 0 aliphatic rings. The van der Waals surface area contributed by atoms with Crippen LogP contribution in [0, 0.1) is 0 Å². The van der Waals surface area contributed by atoms with Crippen molar-refractivity contribution < 1.29 is 17.7 Å². The topological polar surface area (TPSA) is 36.9 Å². The molecular weight excluding hydrogens is 216 g/mol. The second-order valence-electron chi connectivity index (χ2n) is 2.31.